The van der Waals surface area contributed by atoms with E-state index in [4.69, 9.17) is 25.7 Å². The fraction of sp³-hybridized carbons (Fsp3) is 0.500. The molecule has 7 heterocycles. The first-order valence-electron chi connectivity index (χ1n) is 47.7. The quantitative estimate of drug-likeness (QED) is 0.0671. The number of ether oxygens (including phenoxy) is 3. The number of aliphatic hydroxyl groups is 1. The lowest BCUT2D eigenvalue weighted by atomic mass is 9.97. The van der Waals surface area contributed by atoms with Gasteiger partial charge in [-0.3, -0.25) is 67.1 Å². The number of H-pyrrole nitrogens is 2. The number of aliphatic carboxylic acids is 1. The first-order valence-corrected chi connectivity index (χ1v) is 56.0. The average Bonchev–Trinajstić information content (AvgIpc) is 1.08. The van der Waals surface area contributed by atoms with E-state index in [0.29, 0.717) is 32.9 Å². The molecule has 792 valence electrons. The lowest BCUT2D eigenvalue weighted by Gasteiger charge is -2.32. The number of nitrogens with one attached hydrogen (secondary N) is 13. The van der Waals surface area contributed by atoms with Gasteiger partial charge >= 0.3 is 5.97 Å². The van der Waals surface area contributed by atoms with E-state index in [-0.39, 0.29) is 131 Å². The fourth-order valence-corrected chi connectivity index (χ4v) is 26.4. The summed E-state index contributed by atoms with van der Waals surface area (Å²) < 4.78 is 115. The Balaban J connectivity index is 0.972. The number of nitrogens with two attached hydrogens (primary N) is 2. The summed E-state index contributed by atoms with van der Waals surface area (Å²) in [6.45, 7) is 3.85. The number of aromatic amines is 2. The summed E-state index contributed by atoms with van der Waals surface area (Å²) in [6, 6.07) is 8.80. The summed E-state index contributed by atoms with van der Waals surface area (Å²) in [5.41, 5.74) is 15.7. The number of carbonyl (C=O) groups excluding carboxylic acids is 13. The van der Waals surface area contributed by atoms with Crippen LogP contribution in [-0.2, 0) is 149 Å². The zero-order chi connectivity index (χ0) is 106. The van der Waals surface area contributed by atoms with Crippen molar-refractivity contribution in [3.8, 4) is 17.2 Å². The molecule has 2 saturated heterocycles. The Morgan fingerprint density at radius 3 is 1.39 bits per heavy atom. The number of amides is 13. The molecule has 44 nitrogen and oxygen atoms in total. The van der Waals surface area contributed by atoms with E-state index in [1.165, 1.54) is 53.1 Å². The Morgan fingerprint density at radius 1 is 0.479 bits per heavy atom. The number of hydrogen-bond donors (Lipinski definition) is 17. The molecule has 0 radical (unpaired) electrons. The van der Waals surface area contributed by atoms with Crippen LogP contribution in [0, 0.1) is 11.8 Å². The molecule has 12 rings (SSSR count). The van der Waals surface area contributed by atoms with Crippen LogP contribution >= 0.6 is 35.3 Å². The van der Waals surface area contributed by atoms with E-state index >= 15 is 49.2 Å². The zero-order valence-electron chi connectivity index (χ0n) is 82.0. The summed E-state index contributed by atoms with van der Waals surface area (Å²) >= 11 is 2.65. The number of thioether (sulfide) groups is 3. The van der Waals surface area contributed by atoms with E-state index in [1.807, 2.05) is 0 Å². The van der Waals surface area contributed by atoms with Gasteiger partial charge < -0.3 is 109 Å². The van der Waals surface area contributed by atoms with Gasteiger partial charge in [-0.15, -0.1) is 0 Å². The molecule has 3 unspecified atom stereocenters. The van der Waals surface area contributed by atoms with Gasteiger partial charge in [0.15, 0.2) is 0 Å². The van der Waals surface area contributed by atoms with Crippen LogP contribution in [0.15, 0.2) is 116 Å². The fourth-order valence-electron chi connectivity index (χ4n) is 17.7. The highest BCUT2D eigenvalue weighted by molar-refractivity contribution is 8.01. The number of fused-ring (bicyclic) bond motifs is 15. The van der Waals surface area contributed by atoms with Crippen LogP contribution in [0.3, 0.4) is 0 Å². The molecule has 146 heavy (non-hydrogen) atoms. The number of nitrogens with zero attached hydrogens (tertiary/aromatic N) is 4. The number of benzene rings is 5. The van der Waals surface area contributed by atoms with E-state index in [0.717, 1.165) is 48.2 Å². The van der Waals surface area contributed by atoms with Gasteiger partial charge in [-0.05, 0) is 144 Å². The van der Waals surface area contributed by atoms with Crippen LogP contribution in [0.4, 0.5) is 0 Å². The number of carboxylic acids is 1. The minimum atomic E-state index is -4.67. The molecule has 0 aliphatic carbocycles. The van der Waals surface area contributed by atoms with Crippen LogP contribution in [0.2, 0.25) is 0 Å². The van der Waals surface area contributed by atoms with Gasteiger partial charge in [0.1, 0.15) is 83.7 Å². The largest absolute Gasteiger partial charge is 0.497 e. The van der Waals surface area contributed by atoms with Gasteiger partial charge in [0.2, 0.25) is 107 Å². The number of methoxy groups -OCH3 is 3. The van der Waals surface area contributed by atoms with E-state index in [9.17, 15) is 53.4 Å². The van der Waals surface area contributed by atoms with E-state index in [2.05, 4.69) is 68.5 Å². The lowest BCUT2D eigenvalue weighted by Crippen LogP contribution is -2.63. The molecule has 13 amide bonds. The second-order valence-corrected chi connectivity index (χ2v) is 47.0. The maximum Gasteiger partial charge on any atom is 0.305 e. The predicted molar refractivity (Wildman–Crippen MR) is 546 cm³/mol. The van der Waals surface area contributed by atoms with Crippen LogP contribution in [0.5, 0.6) is 17.2 Å². The minimum absolute atomic E-state index is 0.00846. The van der Waals surface area contributed by atoms with Crippen molar-refractivity contribution in [3.05, 3.63) is 160 Å². The molecule has 16 atom stereocenters. The molecule has 0 saturated carbocycles. The van der Waals surface area contributed by atoms with Crippen LogP contribution in [-0.4, -0.2) is 311 Å². The van der Waals surface area contributed by atoms with E-state index < -0.39 is 279 Å². The molecule has 5 aliphatic heterocycles. The Labute approximate surface area is 858 Å². The maximum absolute atomic E-state index is 15.8. The van der Waals surface area contributed by atoms with Crippen molar-refractivity contribution in [3.63, 3.8) is 0 Å². The predicted octanol–water partition coefficient (Wildman–Crippen LogP) is -0.184. The number of primary amides is 1. The SMILES string of the molecule is COc1cc2cc(c1)CN1Cc3cc(cc(OC)c3)CN3Cc4cc(cc(OC)c4)CN(C2)S(=O)(=O)CCSC[C@@H](C(N)=O)NC(=O)[C@@H]2CCCN2C(=O)[C@H](C(C)C)NC(=O)[C@H](Cc2c[nH]c4ccccc24)NC(=O)CNC(=O)[C@H](CC(=O)O)NC(=O)[C@H](C(C)C)NC(=O)[C@H](Cc2c[nH]c4ccccc24)NC(=O)[C@H](CSCCS3(=O)=O)NC(=O)[C@@H]2CCC[C@@H](O)[C@H](NC(=O)[C@@H](NC(=O)[C@H](C)N)CSCCS1(=O)=O)C(=O)N2. The number of hydrogen-bond acceptors (Lipinski definition) is 28. The van der Waals surface area contributed by atoms with Gasteiger partial charge in [-0.2, -0.15) is 48.2 Å². The number of carboxylic acid groups (broad SMARTS) is 1. The highest BCUT2D eigenvalue weighted by atomic mass is 32.2. The summed E-state index contributed by atoms with van der Waals surface area (Å²) in [5, 5.41) is 51.7. The molecular formula is C96H127N19O25S6. The van der Waals surface area contributed by atoms with Gasteiger partial charge in [0.05, 0.1) is 63.7 Å². The molecule has 5 aliphatic rings. The number of aliphatic hydroxyl groups excluding tert-OH is 1. The van der Waals surface area contributed by atoms with E-state index in [1.54, 1.807) is 123 Å². The number of sulfonamides is 3. The summed E-state index contributed by atoms with van der Waals surface area (Å²) in [7, 11) is -9.75. The van der Waals surface area contributed by atoms with Crippen LogP contribution < -0.4 is 84.2 Å². The topological polar surface area (TPSA) is 638 Å². The number of aromatic nitrogens is 2. The highest BCUT2D eigenvalue weighted by Gasteiger charge is 2.44. The molecule has 19 N–H and O–H groups in total. The van der Waals surface area contributed by atoms with Crippen molar-refractivity contribution < 1.29 is 117 Å². The maximum atomic E-state index is 15.8. The molecule has 0 spiro atoms. The zero-order valence-corrected chi connectivity index (χ0v) is 86.9. The highest BCUT2D eigenvalue weighted by Crippen LogP contribution is 2.33. The summed E-state index contributed by atoms with van der Waals surface area (Å²) in [6.07, 6.45) is -0.364. The molecule has 7 aromatic rings. The number of rotatable bonds is 14. The third kappa shape index (κ3) is 30.3. The number of para-hydroxylation sites is 2. The second kappa shape index (κ2) is 51.0. The summed E-state index contributed by atoms with van der Waals surface area (Å²) in [5.74, 6) is -20.1. The Bertz CT molecular complexity index is 6350. The molecule has 50 heteroatoms. The molecule has 12 bridgehead atoms. The minimum Gasteiger partial charge on any atom is -0.497 e. The molecule has 5 aromatic carbocycles. The van der Waals surface area contributed by atoms with Crippen molar-refractivity contribution in [1.29, 1.82) is 0 Å². The van der Waals surface area contributed by atoms with Crippen LogP contribution in [0.25, 0.3) is 21.8 Å². The van der Waals surface area contributed by atoms with Crippen molar-refractivity contribution >= 4 is 170 Å². The first-order chi connectivity index (χ1) is 69.4. The van der Waals surface area contributed by atoms with Crippen molar-refractivity contribution in [1.82, 2.24) is 86.3 Å². The average molecular weight is 2140 g/mol. The molecule has 2 aromatic heterocycles. The second-order valence-electron chi connectivity index (χ2n) is 37.3. The molecular weight excluding hydrogens is 2010 g/mol. The molecule has 2 fully saturated rings. The van der Waals surface area contributed by atoms with Gasteiger partial charge in [-0.1, -0.05) is 82.3 Å². The van der Waals surface area contributed by atoms with Crippen LogP contribution in [0.1, 0.15) is 118 Å². The van der Waals surface area contributed by atoms with Gasteiger partial charge in [0.25, 0.3) is 0 Å². The standard InChI is InChI=1S/C96H127N19O25S6/c1-53(2)82-94(129)105-74(40-81(118)119)87(122)101-43-80(117)102-72(38-62-41-99-69-17-11-9-15-67(62)69)89(124)110-83(54(3)4)96(131)115-22-14-20-78(115)93(128)106-75(85(98)120)50-141-23-26-144(132,133)112-44-56-29-58(34-64(32-56)138-6)46-113-47-60-31-61(37-66(36-60)140-8)49-114(48-59-30-57(45-112)33-65(35-59)139-7)146(136,137)28-25-143-52-77(107-86(121)55(5)97)92(127)111-84-79(116)21-13-19-71(103-95(84)130)88(123)108-76(51-142-24-27-145(113,134)135)91(126)104-73(90(125)109-82)39-63-42-100-70-18-12-10-16-68(63)70/h9-12,15-18,29-37,41-42,53-55,71-79,82-84,99-100,116H,13-14,19-28,38-40,43-52,97H2,1-8H3,(H2,98,120)(H,101,122)(H,102,117)(H,103,130)(H,104,126)(H,105,129)(H,106,128)(H,107,121)(H,108,123)(H,109,125)(H,110,124)(H,111,127)(H,118,119)/t55-,71-,72-,73-,74-,75-,76-,77-,78-,79+,82-,83-,84-/m0/s1. The Kier molecular flexibility index (Phi) is 39.3. The Hall–Kier alpha value is -12.1. The smallest absolute Gasteiger partial charge is 0.305 e. The Morgan fingerprint density at radius 2 is 0.925 bits per heavy atom. The number of carbonyl (C=O) groups is 14. The van der Waals surface area contributed by atoms with Gasteiger partial charge in [0, 0.05) is 127 Å². The summed E-state index contributed by atoms with van der Waals surface area (Å²) in [4.78, 5) is 212. The van der Waals surface area contributed by atoms with Gasteiger partial charge in [-0.25, -0.2) is 25.3 Å². The van der Waals surface area contributed by atoms with Crippen molar-refractivity contribution in [2.75, 3.05) is 86.2 Å². The lowest BCUT2D eigenvalue weighted by molar-refractivity contribution is -0.143. The normalized spacial score (nSPS) is 26.3. The van der Waals surface area contributed by atoms with Crippen molar-refractivity contribution in [2.45, 2.75) is 204 Å². The first kappa shape index (κ1) is 113. The third-order valence-corrected chi connectivity index (χ3v) is 34.8. The monoisotopic (exact) mass is 2140 g/mol. The van der Waals surface area contributed by atoms with Crippen molar-refractivity contribution in [2.24, 2.45) is 23.3 Å². The third-order valence-electron chi connectivity index (χ3n) is 25.6.